The van der Waals surface area contributed by atoms with Crippen molar-refractivity contribution in [2.45, 2.75) is 32.2 Å². The largest absolute Gasteiger partial charge is 0.401 e. The van der Waals surface area contributed by atoms with E-state index in [-0.39, 0.29) is 6.01 Å². The van der Waals surface area contributed by atoms with Gasteiger partial charge in [-0.15, -0.1) is 5.10 Å². The highest BCUT2D eigenvalue weighted by molar-refractivity contribution is 5.56. The molecule has 0 bridgehead atoms. The summed E-state index contributed by atoms with van der Waals surface area (Å²) in [5.41, 5.74) is 4.53. The van der Waals surface area contributed by atoms with Crippen molar-refractivity contribution in [2.24, 2.45) is 0 Å². The van der Waals surface area contributed by atoms with Gasteiger partial charge in [-0.05, 0) is 24.6 Å². The van der Waals surface area contributed by atoms with Gasteiger partial charge in [0, 0.05) is 31.8 Å². The highest BCUT2D eigenvalue weighted by Crippen LogP contribution is 2.37. The number of H-pyrrole nitrogens is 1. The lowest BCUT2D eigenvalue weighted by atomic mass is 10.00. The standard InChI is InChI=1S/C18H17F2N7O/c1-10-4-3-6-27-13(10)8-12(25-27)15-14-11(21-9-22-14)5-7-26(15)17-24-23-16(28-17)18(2,19)20/h3-4,6,8-9,15H,5,7H2,1-2H3,(H,21,22)/t15-/m0/s1. The van der Waals surface area contributed by atoms with Crippen LogP contribution in [0.5, 0.6) is 0 Å². The molecule has 144 valence electrons. The Morgan fingerprint density at radius 2 is 2.18 bits per heavy atom. The third-order valence-corrected chi connectivity index (χ3v) is 4.97. The van der Waals surface area contributed by atoms with Crippen LogP contribution in [0.3, 0.4) is 0 Å². The van der Waals surface area contributed by atoms with Crippen LogP contribution >= 0.6 is 0 Å². The Balaban J connectivity index is 1.64. The molecule has 0 radical (unpaired) electrons. The average molecular weight is 385 g/mol. The molecule has 4 aromatic rings. The fourth-order valence-electron chi connectivity index (χ4n) is 3.60. The maximum Gasteiger partial charge on any atom is 0.321 e. The van der Waals surface area contributed by atoms with E-state index in [2.05, 4.69) is 20.2 Å². The van der Waals surface area contributed by atoms with E-state index in [4.69, 9.17) is 9.52 Å². The first kappa shape index (κ1) is 16.8. The summed E-state index contributed by atoms with van der Waals surface area (Å²) >= 11 is 0. The van der Waals surface area contributed by atoms with Crippen LogP contribution in [0.1, 0.15) is 41.5 Å². The lowest BCUT2D eigenvalue weighted by Crippen LogP contribution is -2.37. The molecule has 10 heteroatoms. The number of pyridine rings is 1. The molecule has 0 spiro atoms. The van der Waals surface area contributed by atoms with Gasteiger partial charge >= 0.3 is 11.9 Å². The third kappa shape index (κ3) is 2.55. The molecule has 5 rings (SSSR count). The number of hydrogen-bond donors (Lipinski definition) is 1. The Kier molecular flexibility index (Phi) is 3.52. The van der Waals surface area contributed by atoms with Crippen LogP contribution in [-0.2, 0) is 12.3 Å². The van der Waals surface area contributed by atoms with Crippen LogP contribution in [0.2, 0.25) is 0 Å². The number of hydrogen-bond acceptors (Lipinski definition) is 6. The second-order valence-electron chi connectivity index (χ2n) is 6.98. The van der Waals surface area contributed by atoms with E-state index in [0.717, 1.165) is 35.1 Å². The molecule has 1 aliphatic heterocycles. The Hall–Kier alpha value is -3.30. The first-order chi connectivity index (χ1) is 13.4. The van der Waals surface area contributed by atoms with Crippen LogP contribution in [0, 0.1) is 6.92 Å². The van der Waals surface area contributed by atoms with E-state index in [1.807, 2.05) is 31.3 Å². The van der Waals surface area contributed by atoms with Crippen molar-refractivity contribution >= 4 is 11.5 Å². The van der Waals surface area contributed by atoms with E-state index in [9.17, 15) is 8.78 Å². The molecule has 8 nitrogen and oxygen atoms in total. The molecule has 5 heterocycles. The molecule has 28 heavy (non-hydrogen) atoms. The second kappa shape index (κ2) is 5.85. The molecule has 4 aromatic heterocycles. The quantitative estimate of drug-likeness (QED) is 0.583. The molecule has 1 atom stereocenters. The van der Waals surface area contributed by atoms with Gasteiger partial charge in [-0.3, -0.25) is 0 Å². The van der Waals surface area contributed by atoms with Crippen LogP contribution in [0.15, 0.2) is 35.1 Å². The maximum absolute atomic E-state index is 13.6. The lowest BCUT2D eigenvalue weighted by molar-refractivity contribution is -0.0107. The number of aromatic amines is 1. The number of fused-ring (bicyclic) bond motifs is 2. The number of nitrogens with one attached hydrogen (secondary N) is 1. The number of aromatic nitrogens is 6. The zero-order valence-electron chi connectivity index (χ0n) is 15.2. The normalized spacial score (nSPS) is 17.3. The summed E-state index contributed by atoms with van der Waals surface area (Å²) in [5.74, 6) is -3.91. The minimum absolute atomic E-state index is 0.0314. The third-order valence-electron chi connectivity index (χ3n) is 4.97. The van der Waals surface area contributed by atoms with Crippen LogP contribution in [0.25, 0.3) is 5.52 Å². The number of anilines is 1. The fraction of sp³-hybridized carbons (Fsp3) is 0.333. The van der Waals surface area contributed by atoms with Gasteiger partial charge in [-0.2, -0.15) is 13.9 Å². The van der Waals surface area contributed by atoms with E-state index < -0.39 is 17.9 Å². The monoisotopic (exact) mass is 385 g/mol. The van der Waals surface area contributed by atoms with Crippen molar-refractivity contribution in [1.82, 2.24) is 29.8 Å². The number of nitrogens with zero attached hydrogens (tertiary/aromatic N) is 6. The van der Waals surface area contributed by atoms with Crippen molar-refractivity contribution in [3.8, 4) is 0 Å². The van der Waals surface area contributed by atoms with E-state index in [1.54, 1.807) is 15.7 Å². The van der Waals surface area contributed by atoms with Crippen LogP contribution < -0.4 is 4.90 Å². The Bertz CT molecular complexity index is 1160. The average Bonchev–Trinajstić information content (AvgIpc) is 3.38. The summed E-state index contributed by atoms with van der Waals surface area (Å²) < 4.78 is 34.3. The highest BCUT2D eigenvalue weighted by atomic mass is 19.3. The number of halogens is 2. The van der Waals surface area contributed by atoms with Gasteiger partial charge in [0.2, 0.25) is 0 Å². The summed E-state index contributed by atoms with van der Waals surface area (Å²) in [6.07, 6.45) is 4.15. The molecule has 0 aliphatic carbocycles. The predicted molar refractivity (Wildman–Crippen MR) is 95.3 cm³/mol. The first-order valence-corrected chi connectivity index (χ1v) is 8.87. The molecule has 0 unspecified atom stereocenters. The van der Waals surface area contributed by atoms with Gasteiger partial charge in [0.15, 0.2) is 0 Å². The highest BCUT2D eigenvalue weighted by Gasteiger charge is 2.38. The summed E-state index contributed by atoms with van der Waals surface area (Å²) in [6.45, 7) is 3.24. The van der Waals surface area contributed by atoms with Crippen molar-refractivity contribution in [1.29, 1.82) is 0 Å². The molecule has 0 aromatic carbocycles. The molecule has 0 saturated heterocycles. The Morgan fingerprint density at radius 1 is 1.32 bits per heavy atom. The Morgan fingerprint density at radius 3 is 2.93 bits per heavy atom. The van der Waals surface area contributed by atoms with Crippen molar-refractivity contribution < 1.29 is 13.2 Å². The molecule has 0 saturated carbocycles. The number of rotatable bonds is 3. The molecule has 0 amide bonds. The van der Waals surface area contributed by atoms with Gasteiger partial charge < -0.3 is 14.3 Å². The molecule has 1 aliphatic rings. The zero-order chi connectivity index (χ0) is 19.5. The van der Waals surface area contributed by atoms with Crippen molar-refractivity contribution in [3.05, 3.63) is 59.3 Å². The van der Waals surface area contributed by atoms with E-state index >= 15 is 0 Å². The SMILES string of the molecule is Cc1cccn2nc([C@H]3c4nc[nH]c4CCN3c3nnc(C(C)(F)F)o3)cc12. The van der Waals surface area contributed by atoms with E-state index in [0.29, 0.717) is 13.0 Å². The predicted octanol–water partition coefficient (Wildman–Crippen LogP) is 3.01. The van der Waals surface area contributed by atoms with E-state index in [1.165, 1.54) is 0 Å². The van der Waals surface area contributed by atoms with Gasteiger partial charge in [-0.25, -0.2) is 9.50 Å². The van der Waals surface area contributed by atoms with Gasteiger partial charge in [0.25, 0.3) is 5.89 Å². The molecule has 0 fully saturated rings. The van der Waals surface area contributed by atoms with Crippen molar-refractivity contribution in [2.75, 3.05) is 11.4 Å². The van der Waals surface area contributed by atoms with Crippen LogP contribution in [-0.4, -0.2) is 36.3 Å². The number of alkyl halides is 2. The summed E-state index contributed by atoms with van der Waals surface area (Å²) in [4.78, 5) is 9.38. The molecular weight excluding hydrogens is 368 g/mol. The first-order valence-electron chi connectivity index (χ1n) is 8.87. The Labute approximate surface area is 158 Å². The minimum Gasteiger partial charge on any atom is -0.401 e. The van der Waals surface area contributed by atoms with Gasteiger partial charge in [0.05, 0.1) is 23.2 Å². The molecular formula is C18H17F2N7O. The fourth-order valence-corrected chi connectivity index (χ4v) is 3.60. The zero-order valence-corrected chi connectivity index (χ0v) is 15.2. The topological polar surface area (TPSA) is 88.1 Å². The van der Waals surface area contributed by atoms with Crippen molar-refractivity contribution in [3.63, 3.8) is 0 Å². The van der Waals surface area contributed by atoms with Crippen LogP contribution in [0.4, 0.5) is 14.8 Å². The summed E-state index contributed by atoms with van der Waals surface area (Å²) in [5, 5.41) is 12.1. The smallest absolute Gasteiger partial charge is 0.321 e. The minimum atomic E-state index is -3.20. The maximum atomic E-state index is 13.6. The summed E-state index contributed by atoms with van der Waals surface area (Å²) in [7, 11) is 0. The second-order valence-corrected chi connectivity index (χ2v) is 6.98. The summed E-state index contributed by atoms with van der Waals surface area (Å²) in [6, 6.07) is 5.51. The van der Waals surface area contributed by atoms with Gasteiger partial charge in [0.1, 0.15) is 6.04 Å². The van der Waals surface area contributed by atoms with Gasteiger partial charge in [-0.1, -0.05) is 11.2 Å². The number of imidazole rings is 1. The number of aryl methyl sites for hydroxylation is 1. The molecule has 1 N–H and O–H groups in total. The lowest BCUT2D eigenvalue weighted by Gasteiger charge is -2.32.